The van der Waals surface area contributed by atoms with Crippen molar-refractivity contribution in [3.63, 3.8) is 0 Å². The van der Waals surface area contributed by atoms with Crippen molar-refractivity contribution in [3.05, 3.63) is 58.1 Å². The molecule has 0 fully saturated rings. The van der Waals surface area contributed by atoms with E-state index in [4.69, 9.17) is 4.74 Å². The molecule has 3 heteroatoms. The Morgan fingerprint density at radius 1 is 1.15 bits per heavy atom. The molecule has 0 aliphatic carbocycles. The van der Waals surface area contributed by atoms with Crippen molar-refractivity contribution in [1.29, 1.82) is 0 Å². The van der Waals surface area contributed by atoms with Crippen LogP contribution >= 0.6 is 15.9 Å². The van der Waals surface area contributed by atoms with Crippen molar-refractivity contribution in [2.24, 2.45) is 0 Å². The summed E-state index contributed by atoms with van der Waals surface area (Å²) in [5, 5.41) is 3.40. The minimum absolute atomic E-state index is 0.364. The highest BCUT2D eigenvalue weighted by Gasteiger charge is 2.05. The first kappa shape index (κ1) is 15.1. The molecule has 0 aliphatic rings. The lowest BCUT2D eigenvalue weighted by Crippen LogP contribution is -2.17. The fourth-order valence-corrected chi connectivity index (χ4v) is 2.58. The van der Waals surface area contributed by atoms with Crippen LogP contribution in [0.15, 0.2) is 46.9 Å². The van der Waals surface area contributed by atoms with E-state index in [1.807, 2.05) is 31.2 Å². The highest BCUT2D eigenvalue weighted by molar-refractivity contribution is 9.10. The Morgan fingerprint density at radius 3 is 2.45 bits per heavy atom. The van der Waals surface area contributed by atoms with Gasteiger partial charge in [-0.1, -0.05) is 35.0 Å². The molecule has 2 aromatic rings. The molecule has 0 aromatic heterocycles. The Balaban J connectivity index is 2.10. The second-order valence-electron chi connectivity index (χ2n) is 4.86. The molecular weight excluding hydrogens is 314 g/mol. The van der Waals surface area contributed by atoms with Gasteiger partial charge in [-0.25, -0.2) is 0 Å². The van der Waals surface area contributed by atoms with Crippen molar-refractivity contribution >= 4 is 15.9 Å². The molecule has 2 aromatic carbocycles. The van der Waals surface area contributed by atoms with E-state index in [0.29, 0.717) is 6.04 Å². The number of halogens is 1. The molecule has 0 saturated heterocycles. The van der Waals surface area contributed by atoms with Crippen LogP contribution in [0.4, 0.5) is 0 Å². The van der Waals surface area contributed by atoms with Crippen LogP contribution in [0.1, 0.15) is 31.0 Å². The predicted molar refractivity (Wildman–Crippen MR) is 87.5 cm³/mol. The second-order valence-corrected chi connectivity index (χ2v) is 5.78. The largest absolute Gasteiger partial charge is 0.457 e. The third-order valence-corrected chi connectivity index (χ3v) is 3.75. The molecule has 2 nitrogen and oxygen atoms in total. The first-order valence-corrected chi connectivity index (χ1v) is 7.66. The lowest BCUT2D eigenvalue weighted by atomic mass is 10.1. The molecule has 0 amide bonds. The normalized spacial score (nSPS) is 12.2. The molecule has 106 valence electrons. The first-order chi connectivity index (χ1) is 9.60. The molecule has 1 N–H and O–H groups in total. The standard InChI is InChI=1S/C17H20BrNO/c1-4-19-13(3)14-5-8-16(9-6-14)20-17-10-7-15(18)11-12(17)2/h5-11,13,19H,4H2,1-3H3. The van der Waals surface area contributed by atoms with Crippen LogP contribution < -0.4 is 10.1 Å². The maximum Gasteiger partial charge on any atom is 0.130 e. The van der Waals surface area contributed by atoms with Gasteiger partial charge in [-0.15, -0.1) is 0 Å². The number of benzene rings is 2. The van der Waals surface area contributed by atoms with Crippen LogP contribution in [0.3, 0.4) is 0 Å². The van der Waals surface area contributed by atoms with Gasteiger partial charge in [-0.3, -0.25) is 0 Å². The van der Waals surface area contributed by atoms with Crippen molar-refractivity contribution in [2.45, 2.75) is 26.8 Å². The molecular formula is C17H20BrNO. The molecule has 0 saturated carbocycles. The average Bonchev–Trinajstić information content (AvgIpc) is 2.43. The quantitative estimate of drug-likeness (QED) is 0.809. The number of aryl methyl sites for hydroxylation is 1. The Bertz CT molecular complexity index is 566. The zero-order chi connectivity index (χ0) is 14.5. The van der Waals surface area contributed by atoms with Crippen molar-refractivity contribution in [3.8, 4) is 11.5 Å². The SMILES string of the molecule is CCNC(C)c1ccc(Oc2ccc(Br)cc2C)cc1. The predicted octanol–water partition coefficient (Wildman–Crippen LogP) is 5.22. The third-order valence-electron chi connectivity index (χ3n) is 3.26. The molecule has 0 radical (unpaired) electrons. The van der Waals surface area contributed by atoms with E-state index >= 15 is 0 Å². The van der Waals surface area contributed by atoms with E-state index < -0.39 is 0 Å². The Kier molecular flexibility index (Phi) is 5.21. The zero-order valence-electron chi connectivity index (χ0n) is 12.1. The maximum atomic E-state index is 5.92. The molecule has 1 atom stereocenters. The highest BCUT2D eigenvalue weighted by atomic mass is 79.9. The summed E-state index contributed by atoms with van der Waals surface area (Å²) in [6.07, 6.45) is 0. The first-order valence-electron chi connectivity index (χ1n) is 6.87. The van der Waals surface area contributed by atoms with Gasteiger partial charge in [-0.2, -0.15) is 0 Å². The minimum Gasteiger partial charge on any atom is -0.457 e. The number of ether oxygens (including phenoxy) is 1. The highest BCUT2D eigenvalue weighted by Crippen LogP contribution is 2.28. The lowest BCUT2D eigenvalue weighted by molar-refractivity contribution is 0.478. The van der Waals surface area contributed by atoms with Crippen LogP contribution in [0.2, 0.25) is 0 Å². The number of nitrogens with one attached hydrogen (secondary N) is 1. The fourth-order valence-electron chi connectivity index (χ4n) is 2.10. The molecule has 0 bridgehead atoms. The van der Waals surface area contributed by atoms with Gasteiger partial charge in [0.2, 0.25) is 0 Å². The Hall–Kier alpha value is -1.32. The van der Waals surface area contributed by atoms with Gasteiger partial charge < -0.3 is 10.1 Å². The monoisotopic (exact) mass is 333 g/mol. The van der Waals surface area contributed by atoms with Gasteiger partial charge in [-0.05, 0) is 61.9 Å². The van der Waals surface area contributed by atoms with Gasteiger partial charge in [0.15, 0.2) is 0 Å². The lowest BCUT2D eigenvalue weighted by Gasteiger charge is -2.14. The Morgan fingerprint density at radius 2 is 1.85 bits per heavy atom. The summed E-state index contributed by atoms with van der Waals surface area (Å²) in [7, 11) is 0. The minimum atomic E-state index is 0.364. The zero-order valence-corrected chi connectivity index (χ0v) is 13.7. The van der Waals surface area contributed by atoms with E-state index in [9.17, 15) is 0 Å². The fraction of sp³-hybridized carbons (Fsp3) is 0.294. The van der Waals surface area contributed by atoms with E-state index in [1.54, 1.807) is 0 Å². The van der Waals surface area contributed by atoms with Crippen LogP contribution in [-0.2, 0) is 0 Å². The van der Waals surface area contributed by atoms with Gasteiger partial charge in [0.25, 0.3) is 0 Å². The smallest absolute Gasteiger partial charge is 0.130 e. The third kappa shape index (κ3) is 3.84. The van der Waals surface area contributed by atoms with Crippen LogP contribution in [0, 0.1) is 6.92 Å². The topological polar surface area (TPSA) is 21.3 Å². The summed E-state index contributed by atoms with van der Waals surface area (Å²) in [4.78, 5) is 0. The summed E-state index contributed by atoms with van der Waals surface area (Å²) >= 11 is 3.46. The molecule has 1 unspecified atom stereocenters. The van der Waals surface area contributed by atoms with Crippen molar-refractivity contribution in [1.82, 2.24) is 5.32 Å². The van der Waals surface area contributed by atoms with Gasteiger partial charge >= 0.3 is 0 Å². The summed E-state index contributed by atoms with van der Waals surface area (Å²) < 4.78 is 6.98. The Labute approximate surface area is 129 Å². The number of hydrogen-bond donors (Lipinski definition) is 1. The molecule has 20 heavy (non-hydrogen) atoms. The van der Waals surface area contributed by atoms with Crippen LogP contribution in [0.5, 0.6) is 11.5 Å². The summed E-state index contributed by atoms with van der Waals surface area (Å²) in [5.41, 5.74) is 2.39. The summed E-state index contributed by atoms with van der Waals surface area (Å²) in [6, 6.07) is 14.6. The van der Waals surface area contributed by atoms with Gasteiger partial charge in [0, 0.05) is 10.5 Å². The molecule has 0 heterocycles. The molecule has 0 aliphatic heterocycles. The van der Waals surface area contributed by atoms with Crippen LogP contribution in [-0.4, -0.2) is 6.54 Å². The van der Waals surface area contributed by atoms with E-state index in [1.165, 1.54) is 5.56 Å². The van der Waals surface area contributed by atoms with Gasteiger partial charge in [0.1, 0.15) is 11.5 Å². The number of hydrogen-bond acceptors (Lipinski definition) is 2. The van der Waals surface area contributed by atoms with E-state index in [2.05, 4.69) is 53.3 Å². The average molecular weight is 334 g/mol. The van der Waals surface area contributed by atoms with E-state index in [0.717, 1.165) is 28.1 Å². The summed E-state index contributed by atoms with van der Waals surface area (Å²) in [6.45, 7) is 7.29. The number of rotatable bonds is 5. The van der Waals surface area contributed by atoms with Gasteiger partial charge in [0.05, 0.1) is 0 Å². The van der Waals surface area contributed by atoms with Crippen LogP contribution in [0.25, 0.3) is 0 Å². The second kappa shape index (κ2) is 6.91. The van der Waals surface area contributed by atoms with E-state index in [-0.39, 0.29) is 0 Å². The maximum absolute atomic E-state index is 5.92. The van der Waals surface area contributed by atoms with Crippen molar-refractivity contribution < 1.29 is 4.74 Å². The summed E-state index contributed by atoms with van der Waals surface area (Å²) in [5.74, 6) is 1.75. The van der Waals surface area contributed by atoms with Crippen molar-refractivity contribution in [2.75, 3.05) is 6.54 Å². The molecule has 2 rings (SSSR count). The molecule has 0 spiro atoms.